The Kier molecular flexibility index (Phi) is 5.52. The zero-order chi connectivity index (χ0) is 16.6. The van der Waals surface area contributed by atoms with Crippen molar-refractivity contribution in [2.75, 3.05) is 0 Å². The Bertz CT molecular complexity index is 837. The Hall–Kier alpha value is -2.74. The molecule has 0 spiro atoms. The van der Waals surface area contributed by atoms with Gasteiger partial charge in [-0.05, 0) is 54.3 Å². The van der Waals surface area contributed by atoms with Crippen LogP contribution in [-0.4, -0.2) is 10.8 Å². The van der Waals surface area contributed by atoms with Crippen molar-refractivity contribution in [3.05, 3.63) is 84.2 Å². The third kappa shape index (κ3) is 4.39. The number of pyridine rings is 1. The molecule has 1 heterocycles. The highest BCUT2D eigenvalue weighted by Crippen LogP contribution is 2.17. The fourth-order valence-electron chi connectivity index (χ4n) is 2.73. The topological polar surface area (TPSA) is 30.0 Å². The Labute approximate surface area is 142 Å². The number of hydrogen-bond donors (Lipinski definition) is 0. The van der Waals surface area contributed by atoms with E-state index in [4.69, 9.17) is 0 Å². The summed E-state index contributed by atoms with van der Waals surface area (Å²) in [4.78, 5) is 16.6. The molecule has 0 unspecified atom stereocenters. The molecule has 0 amide bonds. The first-order chi connectivity index (χ1) is 11.8. The van der Waals surface area contributed by atoms with E-state index in [2.05, 4.69) is 23.2 Å². The number of allylic oxidation sites excluding steroid dienone is 1. The van der Waals surface area contributed by atoms with E-state index < -0.39 is 0 Å². The number of carbonyl (C=O) groups is 1. The molecule has 3 rings (SSSR count). The average Bonchev–Trinajstić information content (AvgIpc) is 2.65. The van der Waals surface area contributed by atoms with Crippen LogP contribution < -0.4 is 0 Å². The summed E-state index contributed by atoms with van der Waals surface area (Å²) in [5.41, 5.74) is 1.79. The molecule has 1 aromatic heterocycles. The fourth-order valence-corrected chi connectivity index (χ4v) is 2.73. The van der Waals surface area contributed by atoms with Gasteiger partial charge in [-0.3, -0.25) is 9.78 Å². The van der Waals surface area contributed by atoms with E-state index >= 15 is 0 Å². The highest BCUT2D eigenvalue weighted by molar-refractivity contribution is 5.99. The first-order valence-electron chi connectivity index (χ1n) is 8.42. The molecule has 0 aliphatic heterocycles. The van der Waals surface area contributed by atoms with Gasteiger partial charge in [-0.15, -0.1) is 0 Å². The van der Waals surface area contributed by atoms with E-state index in [1.807, 2.05) is 54.6 Å². The first-order valence-corrected chi connectivity index (χ1v) is 8.42. The lowest BCUT2D eigenvalue weighted by molar-refractivity contribution is 0.0979. The first kappa shape index (κ1) is 16.1. The number of ketones is 1. The average molecular weight is 315 g/mol. The van der Waals surface area contributed by atoms with Crippen LogP contribution >= 0.6 is 0 Å². The van der Waals surface area contributed by atoms with Crippen LogP contribution in [0, 0.1) is 0 Å². The van der Waals surface area contributed by atoms with Gasteiger partial charge < -0.3 is 0 Å². The summed E-state index contributed by atoms with van der Waals surface area (Å²) in [7, 11) is 0. The minimum Gasteiger partial charge on any atom is -0.294 e. The quantitative estimate of drug-likeness (QED) is 0.414. The van der Waals surface area contributed by atoms with E-state index in [-0.39, 0.29) is 5.78 Å². The second-order valence-electron chi connectivity index (χ2n) is 5.89. The molecule has 2 heteroatoms. The molecule has 0 atom stereocenters. The lowest BCUT2D eigenvalue weighted by Crippen LogP contribution is -1.98. The summed E-state index contributed by atoms with van der Waals surface area (Å²) < 4.78 is 0. The standard InChI is InChI=1S/C22H21NO/c24-22(20-15-14-18-9-5-6-10-19(18)17-20)13-4-2-1-3-11-21-12-7-8-16-23-21/h3,5-12,14-17H,1-2,4,13H2/b11-3-. The third-order valence-electron chi connectivity index (χ3n) is 4.07. The summed E-state index contributed by atoms with van der Waals surface area (Å²) in [5, 5.41) is 2.30. The van der Waals surface area contributed by atoms with Crippen molar-refractivity contribution in [3.8, 4) is 0 Å². The van der Waals surface area contributed by atoms with Gasteiger partial charge in [-0.25, -0.2) is 0 Å². The highest BCUT2D eigenvalue weighted by Gasteiger charge is 2.06. The molecule has 24 heavy (non-hydrogen) atoms. The zero-order valence-corrected chi connectivity index (χ0v) is 13.7. The number of hydrogen-bond acceptors (Lipinski definition) is 2. The molecule has 0 bridgehead atoms. The SMILES string of the molecule is O=C(CCCC/C=C\c1ccccn1)c1ccc2ccccc2c1. The molecule has 0 aliphatic carbocycles. The number of benzene rings is 2. The van der Waals surface area contributed by atoms with Gasteiger partial charge in [0.1, 0.15) is 0 Å². The Morgan fingerprint density at radius 2 is 1.75 bits per heavy atom. The van der Waals surface area contributed by atoms with Crippen molar-refractivity contribution >= 4 is 22.6 Å². The second kappa shape index (κ2) is 8.21. The number of aromatic nitrogens is 1. The molecule has 120 valence electrons. The maximum atomic E-state index is 12.3. The molecular formula is C22H21NO. The number of unbranched alkanes of at least 4 members (excludes halogenated alkanes) is 2. The maximum absolute atomic E-state index is 12.3. The summed E-state index contributed by atoms with van der Waals surface area (Å²) in [5.74, 6) is 0.231. The zero-order valence-electron chi connectivity index (χ0n) is 13.7. The molecule has 0 saturated heterocycles. The molecule has 0 aliphatic rings. The van der Waals surface area contributed by atoms with Gasteiger partial charge in [0.25, 0.3) is 0 Å². The predicted octanol–water partition coefficient (Wildman–Crippen LogP) is 5.69. The predicted molar refractivity (Wildman–Crippen MR) is 100 cm³/mol. The Morgan fingerprint density at radius 1 is 0.917 bits per heavy atom. The summed E-state index contributed by atoms with van der Waals surface area (Å²) >= 11 is 0. The fraction of sp³-hybridized carbons (Fsp3) is 0.182. The van der Waals surface area contributed by atoms with Crippen molar-refractivity contribution < 1.29 is 4.79 Å². The van der Waals surface area contributed by atoms with Gasteiger partial charge in [-0.1, -0.05) is 48.5 Å². The smallest absolute Gasteiger partial charge is 0.162 e. The van der Waals surface area contributed by atoms with Crippen LogP contribution in [0.25, 0.3) is 16.8 Å². The number of nitrogens with zero attached hydrogens (tertiary/aromatic N) is 1. The van der Waals surface area contributed by atoms with Gasteiger partial charge in [0.05, 0.1) is 5.69 Å². The maximum Gasteiger partial charge on any atom is 0.162 e. The summed E-state index contributed by atoms with van der Waals surface area (Å²) in [6, 6.07) is 20.0. The van der Waals surface area contributed by atoms with Gasteiger partial charge >= 0.3 is 0 Å². The van der Waals surface area contributed by atoms with Gasteiger partial charge in [0.2, 0.25) is 0 Å². The molecule has 0 fully saturated rings. The van der Waals surface area contributed by atoms with Crippen LogP contribution in [-0.2, 0) is 0 Å². The second-order valence-corrected chi connectivity index (χ2v) is 5.89. The normalized spacial score (nSPS) is 11.2. The Morgan fingerprint density at radius 3 is 2.58 bits per heavy atom. The highest BCUT2D eigenvalue weighted by atomic mass is 16.1. The van der Waals surface area contributed by atoms with E-state index in [9.17, 15) is 4.79 Å². The van der Waals surface area contributed by atoms with Crippen molar-refractivity contribution in [2.45, 2.75) is 25.7 Å². The molecular weight excluding hydrogens is 294 g/mol. The van der Waals surface area contributed by atoms with E-state index in [0.717, 1.165) is 35.9 Å². The lowest BCUT2D eigenvalue weighted by atomic mass is 10.0. The number of fused-ring (bicyclic) bond motifs is 1. The number of rotatable bonds is 7. The van der Waals surface area contributed by atoms with Crippen molar-refractivity contribution in [2.24, 2.45) is 0 Å². The van der Waals surface area contributed by atoms with Crippen LogP contribution in [0.1, 0.15) is 41.7 Å². The minimum atomic E-state index is 0.231. The van der Waals surface area contributed by atoms with Gasteiger partial charge in [-0.2, -0.15) is 0 Å². The lowest BCUT2D eigenvalue weighted by Gasteiger charge is -2.03. The number of Topliss-reactive ketones (excluding diaryl/α,β-unsaturated/α-hetero) is 1. The van der Waals surface area contributed by atoms with Crippen LogP contribution in [0.15, 0.2) is 72.9 Å². The van der Waals surface area contributed by atoms with Gasteiger partial charge in [0, 0.05) is 18.2 Å². The van der Waals surface area contributed by atoms with E-state index in [1.165, 1.54) is 5.39 Å². The van der Waals surface area contributed by atoms with Crippen molar-refractivity contribution in [1.82, 2.24) is 4.98 Å². The van der Waals surface area contributed by atoms with Crippen LogP contribution in [0.2, 0.25) is 0 Å². The minimum absolute atomic E-state index is 0.231. The number of carbonyl (C=O) groups excluding carboxylic acids is 1. The largest absolute Gasteiger partial charge is 0.294 e. The summed E-state index contributed by atoms with van der Waals surface area (Å²) in [6.45, 7) is 0. The molecule has 0 N–H and O–H groups in total. The van der Waals surface area contributed by atoms with Crippen LogP contribution in [0.4, 0.5) is 0 Å². The van der Waals surface area contributed by atoms with Crippen molar-refractivity contribution in [1.29, 1.82) is 0 Å². The molecule has 2 aromatic carbocycles. The van der Waals surface area contributed by atoms with E-state index in [0.29, 0.717) is 6.42 Å². The van der Waals surface area contributed by atoms with Gasteiger partial charge in [0.15, 0.2) is 5.78 Å². The van der Waals surface area contributed by atoms with Crippen LogP contribution in [0.5, 0.6) is 0 Å². The van der Waals surface area contributed by atoms with Crippen molar-refractivity contribution in [3.63, 3.8) is 0 Å². The van der Waals surface area contributed by atoms with Crippen LogP contribution in [0.3, 0.4) is 0 Å². The molecule has 2 nitrogen and oxygen atoms in total. The summed E-state index contributed by atoms with van der Waals surface area (Å²) in [6.07, 6.45) is 9.47. The third-order valence-corrected chi connectivity index (χ3v) is 4.07. The Balaban J connectivity index is 1.46. The van der Waals surface area contributed by atoms with E-state index in [1.54, 1.807) is 6.20 Å². The molecule has 0 saturated carbocycles. The monoisotopic (exact) mass is 315 g/mol. The molecule has 0 radical (unpaired) electrons. The molecule has 3 aromatic rings.